The Morgan fingerprint density at radius 1 is 1.04 bits per heavy atom. The van der Waals surface area contributed by atoms with Gasteiger partial charge in [-0.1, -0.05) is 24.3 Å². The van der Waals surface area contributed by atoms with Gasteiger partial charge in [0.2, 0.25) is 0 Å². The molecule has 0 aliphatic heterocycles. The average molecular weight is 342 g/mol. The van der Waals surface area contributed by atoms with Crippen molar-refractivity contribution >= 4 is 17.5 Å². The van der Waals surface area contributed by atoms with Crippen molar-refractivity contribution in [1.82, 2.24) is 5.32 Å². The maximum Gasteiger partial charge on any atom is 0.313 e. The number of ether oxygens (including phenoxy) is 2. The van der Waals surface area contributed by atoms with Gasteiger partial charge < -0.3 is 20.1 Å². The Hall–Kier alpha value is -3.02. The van der Waals surface area contributed by atoms with Crippen molar-refractivity contribution in [2.45, 2.75) is 13.3 Å². The van der Waals surface area contributed by atoms with E-state index in [-0.39, 0.29) is 0 Å². The molecule has 2 amide bonds. The lowest BCUT2D eigenvalue weighted by Gasteiger charge is -2.11. The summed E-state index contributed by atoms with van der Waals surface area (Å²) in [6.07, 6.45) is 0.603. The first-order chi connectivity index (χ1) is 12.1. The fraction of sp³-hybridized carbons (Fsp3) is 0.263. The summed E-state index contributed by atoms with van der Waals surface area (Å²) >= 11 is 0. The van der Waals surface area contributed by atoms with Crippen molar-refractivity contribution in [2.24, 2.45) is 0 Å². The number of methoxy groups -OCH3 is 1. The molecular formula is C19H22N2O4. The number of hydrogen-bond acceptors (Lipinski definition) is 4. The number of nitrogens with one attached hydrogen (secondary N) is 2. The fourth-order valence-electron chi connectivity index (χ4n) is 2.26. The van der Waals surface area contributed by atoms with Gasteiger partial charge in [-0.05, 0) is 43.2 Å². The van der Waals surface area contributed by atoms with Gasteiger partial charge in [0, 0.05) is 6.54 Å². The van der Waals surface area contributed by atoms with Crippen LogP contribution in [0.15, 0.2) is 48.5 Å². The van der Waals surface area contributed by atoms with E-state index in [4.69, 9.17) is 9.47 Å². The van der Waals surface area contributed by atoms with Crippen molar-refractivity contribution in [2.75, 3.05) is 25.6 Å². The summed E-state index contributed by atoms with van der Waals surface area (Å²) in [5.74, 6) is -0.122. The number of anilines is 1. The minimum atomic E-state index is -0.724. The maximum absolute atomic E-state index is 12.0. The predicted octanol–water partition coefficient (Wildman–Crippen LogP) is 2.39. The van der Waals surface area contributed by atoms with E-state index >= 15 is 0 Å². The molecule has 2 rings (SSSR count). The standard InChI is InChI=1S/C19H22N2O4/c1-3-25-17-10-5-4-9-16(17)21-19(23)18(22)20-12-11-14-7-6-8-15(13-14)24-2/h4-10,13H,3,11-12H2,1-2H3,(H,20,22)(H,21,23). The highest BCUT2D eigenvalue weighted by Crippen LogP contribution is 2.23. The molecule has 0 spiro atoms. The number of hydrogen-bond donors (Lipinski definition) is 2. The smallest absolute Gasteiger partial charge is 0.313 e. The third-order valence-electron chi connectivity index (χ3n) is 3.47. The van der Waals surface area contributed by atoms with Crippen LogP contribution in [-0.2, 0) is 16.0 Å². The molecule has 0 aliphatic carbocycles. The van der Waals surface area contributed by atoms with E-state index in [0.717, 1.165) is 11.3 Å². The van der Waals surface area contributed by atoms with Gasteiger partial charge in [-0.3, -0.25) is 9.59 Å². The van der Waals surface area contributed by atoms with E-state index in [1.165, 1.54) is 0 Å². The number of carbonyl (C=O) groups excluding carboxylic acids is 2. The number of rotatable bonds is 7. The van der Waals surface area contributed by atoms with Crippen LogP contribution in [0.1, 0.15) is 12.5 Å². The summed E-state index contributed by atoms with van der Waals surface area (Å²) in [6, 6.07) is 14.6. The lowest BCUT2D eigenvalue weighted by Crippen LogP contribution is -2.36. The van der Waals surface area contributed by atoms with E-state index in [9.17, 15) is 9.59 Å². The van der Waals surface area contributed by atoms with Crippen molar-refractivity contribution in [3.8, 4) is 11.5 Å². The zero-order valence-corrected chi connectivity index (χ0v) is 14.4. The average Bonchev–Trinajstić information content (AvgIpc) is 2.63. The summed E-state index contributed by atoms with van der Waals surface area (Å²) in [5, 5.41) is 5.17. The van der Waals surface area contributed by atoms with Crippen LogP contribution in [0, 0.1) is 0 Å². The highest BCUT2D eigenvalue weighted by Gasteiger charge is 2.15. The van der Waals surface area contributed by atoms with Crippen LogP contribution in [-0.4, -0.2) is 32.1 Å². The maximum atomic E-state index is 12.0. The minimum absolute atomic E-state index is 0.354. The monoisotopic (exact) mass is 342 g/mol. The van der Waals surface area contributed by atoms with E-state index < -0.39 is 11.8 Å². The molecule has 0 fully saturated rings. The molecule has 0 saturated heterocycles. The van der Waals surface area contributed by atoms with Crippen LogP contribution >= 0.6 is 0 Å². The second-order valence-electron chi connectivity index (χ2n) is 5.24. The zero-order valence-electron chi connectivity index (χ0n) is 14.4. The fourth-order valence-corrected chi connectivity index (χ4v) is 2.26. The number of amides is 2. The Labute approximate surface area is 147 Å². The van der Waals surface area contributed by atoms with Crippen molar-refractivity contribution in [1.29, 1.82) is 0 Å². The first kappa shape index (κ1) is 18.3. The Morgan fingerprint density at radius 2 is 1.84 bits per heavy atom. The molecule has 25 heavy (non-hydrogen) atoms. The first-order valence-corrected chi connectivity index (χ1v) is 8.08. The van der Waals surface area contributed by atoms with Gasteiger partial charge in [0.25, 0.3) is 0 Å². The molecule has 0 bridgehead atoms. The summed E-state index contributed by atoms with van der Waals surface area (Å²) < 4.78 is 10.6. The summed E-state index contributed by atoms with van der Waals surface area (Å²) in [5.41, 5.74) is 1.49. The molecule has 0 aliphatic rings. The predicted molar refractivity (Wildman–Crippen MR) is 95.9 cm³/mol. The van der Waals surface area contributed by atoms with E-state index in [2.05, 4.69) is 10.6 Å². The Morgan fingerprint density at radius 3 is 2.60 bits per heavy atom. The van der Waals surface area contributed by atoms with Crippen molar-refractivity contribution in [3.05, 3.63) is 54.1 Å². The zero-order chi connectivity index (χ0) is 18.1. The van der Waals surface area contributed by atoms with Crippen LogP contribution in [0.4, 0.5) is 5.69 Å². The molecule has 6 heteroatoms. The minimum Gasteiger partial charge on any atom is -0.497 e. The third-order valence-corrected chi connectivity index (χ3v) is 3.47. The molecule has 0 aromatic heterocycles. The number of carbonyl (C=O) groups is 2. The molecule has 0 unspecified atom stereocenters. The van der Waals surface area contributed by atoms with Crippen LogP contribution in [0.25, 0.3) is 0 Å². The van der Waals surface area contributed by atoms with E-state index in [1.54, 1.807) is 31.4 Å². The second kappa shape index (κ2) is 9.32. The van der Waals surface area contributed by atoms with Gasteiger partial charge in [0.05, 0.1) is 19.4 Å². The molecule has 0 atom stereocenters. The first-order valence-electron chi connectivity index (χ1n) is 8.08. The second-order valence-corrected chi connectivity index (χ2v) is 5.24. The summed E-state index contributed by atoms with van der Waals surface area (Å²) in [7, 11) is 1.60. The van der Waals surface area contributed by atoms with Gasteiger partial charge in [-0.2, -0.15) is 0 Å². The van der Waals surface area contributed by atoms with Crippen LogP contribution in [0.3, 0.4) is 0 Å². The van der Waals surface area contributed by atoms with E-state index in [1.807, 2.05) is 31.2 Å². The molecule has 0 saturated carbocycles. The molecule has 2 aromatic rings. The highest BCUT2D eigenvalue weighted by atomic mass is 16.5. The van der Waals surface area contributed by atoms with Crippen molar-refractivity contribution < 1.29 is 19.1 Å². The van der Waals surface area contributed by atoms with Gasteiger partial charge >= 0.3 is 11.8 Å². The Kier molecular flexibility index (Phi) is 6.83. The molecule has 2 N–H and O–H groups in total. The lowest BCUT2D eigenvalue weighted by atomic mass is 10.1. The summed E-state index contributed by atoms with van der Waals surface area (Å²) in [6.45, 7) is 2.68. The Balaban J connectivity index is 1.85. The van der Waals surface area contributed by atoms with E-state index in [0.29, 0.717) is 31.0 Å². The van der Waals surface area contributed by atoms with Crippen LogP contribution in [0.5, 0.6) is 11.5 Å². The lowest BCUT2D eigenvalue weighted by molar-refractivity contribution is -0.136. The van der Waals surface area contributed by atoms with Gasteiger partial charge in [-0.25, -0.2) is 0 Å². The van der Waals surface area contributed by atoms with Crippen LogP contribution in [0.2, 0.25) is 0 Å². The molecule has 0 radical (unpaired) electrons. The molecular weight excluding hydrogens is 320 g/mol. The largest absolute Gasteiger partial charge is 0.497 e. The van der Waals surface area contributed by atoms with Gasteiger partial charge in [0.15, 0.2) is 0 Å². The molecule has 0 heterocycles. The van der Waals surface area contributed by atoms with Crippen LogP contribution < -0.4 is 20.1 Å². The quantitative estimate of drug-likeness (QED) is 0.758. The van der Waals surface area contributed by atoms with Crippen molar-refractivity contribution in [3.63, 3.8) is 0 Å². The molecule has 2 aromatic carbocycles. The van der Waals surface area contributed by atoms with Gasteiger partial charge in [0.1, 0.15) is 11.5 Å². The number of para-hydroxylation sites is 2. The topological polar surface area (TPSA) is 76.7 Å². The Bertz CT molecular complexity index is 731. The van der Waals surface area contributed by atoms with Gasteiger partial charge in [-0.15, -0.1) is 0 Å². The molecule has 132 valence electrons. The number of benzene rings is 2. The summed E-state index contributed by atoms with van der Waals surface area (Å²) in [4.78, 5) is 24.0. The highest BCUT2D eigenvalue weighted by molar-refractivity contribution is 6.39. The SMILES string of the molecule is CCOc1ccccc1NC(=O)C(=O)NCCc1cccc(OC)c1. The molecule has 6 nitrogen and oxygen atoms in total. The third kappa shape index (κ3) is 5.53. The normalized spacial score (nSPS) is 10.0.